The predicted octanol–water partition coefficient (Wildman–Crippen LogP) is 2.97. The number of nitrogens with one attached hydrogen (secondary N) is 2. The van der Waals surface area contributed by atoms with Crippen LogP contribution in [-0.4, -0.2) is 51.1 Å². The van der Waals surface area contributed by atoms with Gasteiger partial charge in [0.1, 0.15) is 12.1 Å². The Morgan fingerprint density at radius 3 is 1.63 bits per heavy atom. The maximum Gasteiger partial charge on any atom is 0.408 e. The molecular formula is C15H19F6N5O. The Kier molecular flexibility index (Phi) is 6.88. The maximum atomic E-state index is 12.7. The van der Waals surface area contributed by atoms with Gasteiger partial charge in [-0.25, -0.2) is 0 Å². The Bertz CT molecular complexity index is 667. The molecule has 0 amide bonds. The number of nitrogens with zero attached hydrogens (tertiary/aromatic N) is 3. The first-order valence-corrected chi connectivity index (χ1v) is 7.70. The molecule has 0 saturated heterocycles. The van der Waals surface area contributed by atoms with Crippen molar-refractivity contribution in [2.24, 2.45) is 5.41 Å². The molecule has 0 spiro atoms. The number of aliphatic hydroxyl groups is 1. The van der Waals surface area contributed by atoms with Gasteiger partial charge in [-0.15, -0.1) is 0 Å². The molecule has 0 aliphatic rings. The minimum atomic E-state index is -4.62. The summed E-state index contributed by atoms with van der Waals surface area (Å²) >= 11 is 0. The molecule has 0 aliphatic carbocycles. The van der Waals surface area contributed by atoms with Crippen LogP contribution >= 0.6 is 0 Å². The summed E-state index contributed by atoms with van der Waals surface area (Å²) in [6.07, 6.45) is -9.24. The number of hydrogen-bond donors (Lipinski definition) is 3. The fourth-order valence-corrected chi connectivity index (χ4v) is 1.38. The van der Waals surface area contributed by atoms with E-state index in [-0.39, 0.29) is 12.4 Å². The molecule has 0 saturated carbocycles. The molecule has 1 aromatic heterocycles. The minimum absolute atomic E-state index is 0.322. The summed E-state index contributed by atoms with van der Waals surface area (Å²) < 4.78 is 76.2. The quantitative estimate of drug-likeness (QED) is 0.522. The van der Waals surface area contributed by atoms with Gasteiger partial charge in [0, 0.05) is 5.41 Å². The molecule has 3 N–H and O–H groups in total. The largest absolute Gasteiger partial charge is 0.408 e. The lowest BCUT2D eigenvalue weighted by Gasteiger charge is -2.19. The molecule has 6 nitrogen and oxygen atoms in total. The molecule has 12 heteroatoms. The Morgan fingerprint density at radius 1 is 0.889 bits per heavy atom. The van der Waals surface area contributed by atoms with Crippen molar-refractivity contribution in [2.45, 2.75) is 52.1 Å². The minimum Gasteiger partial charge on any atom is -0.395 e. The van der Waals surface area contributed by atoms with E-state index in [1.807, 2.05) is 10.6 Å². The number of hydrogen-bond acceptors (Lipinski definition) is 6. The Hall–Kier alpha value is -2.29. The van der Waals surface area contributed by atoms with E-state index in [1.165, 1.54) is 0 Å². The zero-order valence-electron chi connectivity index (χ0n) is 14.9. The number of aliphatic hydroxyl groups excluding tert-OH is 1. The zero-order valence-corrected chi connectivity index (χ0v) is 14.9. The second-order valence-corrected chi connectivity index (χ2v) is 6.41. The smallest absolute Gasteiger partial charge is 0.395 e. The van der Waals surface area contributed by atoms with E-state index >= 15 is 0 Å². The normalized spacial score (nSPS) is 14.8. The standard InChI is InChI=1S/C15H19F6N5O/c1-8(14(16,17)18)22-11-24-10(5-6-13(3,4)7-27)25-12(26-11)23-9(2)15(19,20)21/h8-9,27H,7H2,1-4H3,(H2,22,23,24,25,26)/t8-,9-/m1/s1. The van der Waals surface area contributed by atoms with Crippen molar-refractivity contribution in [3.05, 3.63) is 5.82 Å². The third-order valence-corrected chi connectivity index (χ3v) is 3.22. The van der Waals surface area contributed by atoms with Crippen molar-refractivity contribution in [3.63, 3.8) is 0 Å². The van der Waals surface area contributed by atoms with Gasteiger partial charge in [-0.2, -0.15) is 41.3 Å². The lowest BCUT2D eigenvalue weighted by atomic mass is 9.96. The Balaban J connectivity index is 3.26. The maximum absolute atomic E-state index is 12.7. The first-order valence-electron chi connectivity index (χ1n) is 7.70. The van der Waals surface area contributed by atoms with Crippen LogP contribution in [0.25, 0.3) is 0 Å². The highest BCUT2D eigenvalue weighted by atomic mass is 19.4. The Labute approximate surface area is 151 Å². The van der Waals surface area contributed by atoms with Crippen molar-refractivity contribution < 1.29 is 31.4 Å². The molecule has 1 heterocycles. The second-order valence-electron chi connectivity index (χ2n) is 6.41. The van der Waals surface area contributed by atoms with Crippen molar-refractivity contribution in [2.75, 3.05) is 17.2 Å². The summed E-state index contributed by atoms with van der Waals surface area (Å²) in [5, 5.41) is 13.1. The zero-order chi connectivity index (χ0) is 21.0. The van der Waals surface area contributed by atoms with Gasteiger partial charge in [-0.05, 0) is 33.6 Å². The third kappa shape index (κ3) is 7.46. The summed E-state index contributed by atoms with van der Waals surface area (Å²) in [6, 6.07) is -4.11. The second kappa shape index (κ2) is 8.16. The molecule has 152 valence electrons. The van der Waals surface area contributed by atoms with Gasteiger partial charge in [0.15, 0.2) is 0 Å². The van der Waals surface area contributed by atoms with Gasteiger partial charge in [0.05, 0.1) is 6.61 Å². The van der Waals surface area contributed by atoms with Crippen LogP contribution < -0.4 is 10.6 Å². The molecule has 27 heavy (non-hydrogen) atoms. The average Bonchev–Trinajstić information content (AvgIpc) is 2.51. The van der Waals surface area contributed by atoms with E-state index in [9.17, 15) is 26.3 Å². The average molecular weight is 399 g/mol. The first kappa shape index (κ1) is 22.8. The van der Waals surface area contributed by atoms with Gasteiger partial charge in [-0.1, -0.05) is 5.92 Å². The van der Waals surface area contributed by atoms with Gasteiger partial charge < -0.3 is 15.7 Å². The van der Waals surface area contributed by atoms with Gasteiger partial charge in [0.25, 0.3) is 0 Å². The summed E-state index contributed by atoms with van der Waals surface area (Å²) in [7, 11) is 0. The van der Waals surface area contributed by atoms with Gasteiger partial charge >= 0.3 is 12.4 Å². The molecule has 0 bridgehead atoms. The SMILES string of the molecule is C[C@@H](Nc1nc(C#CC(C)(C)CO)nc(N[C@H](C)C(F)(F)F)n1)C(F)(F)F. The van der Waals surface area contributed by atoms with Crippen molar-refractivity contribution >= 4 is 11.9 Å². The molecule has 0 aromatic carbocycles. The van der Waals surface area contributed by atoms with Crippen LogP contribution in [0.4, 0.5) is 38.2 Å². The van der Waals surface area contributed by atoms with E-state index in [4.69, 9.17) is 5.11 Å². The lowest BCUT2D eigenvalue weighted by molar-refractivity contribution is -0.139. The van der Waals surface area contributed by atoms with Crippen LogP contribution in [0.3, 0.4) is 0 Å². The van der Waals surface area contributed by atoms with Crippen LogP contribution in [0.2, 0.25) is 0 Å². The highest BCUT2D eigenvalue weighted by Gasteiger charge is 2.38. The fraction of sp³-hybridized carbons (Fsp3) is 0.667. The molecule has 0 radical (unpaired) electrons. The topological polar surface area (TPSA) is 83.0 Å². The van der Waals surface area contributed by atoms with E-state index < -0.39 is 41.7 Å². The number of rotatable bonds is 5. The van der Waals surface area contributed by atoms with Crippen LogP contribution in [0.15, 0.2) is 0 Å². The Morgan fingerprint density at radius 2 is 1.30 bits per heavy atom. The molecule has 0 fully saturated rings. The number of alkyl halides is 6. The van der Waals surface area contributed by atoms with Crippen LogP contribution in [-0.2, 0) is 0 Å². The highest BCUT2D eigenvalue weighted by molar-refractivity contribution is 5.40. The summed E-state index contributed by atoms with van der Waals surface area (Å²) in [5.74, 6) is 3.50. The van der Waals surface area contributed by atoms with E-state index in [0.717, 1.165) is 13.8 Å². The number of aromatic nitrogens is 3. The predicted molar refractivity (Wildman–Crippen MR) is 85.9 cm³/mol. The van der Waals surface area contributed by atoms with E-state index in [0.29, 0.717) is 0 Å². The third-order valence-electron chi connectivity index (χ3n) is 3.22. The van der Waals surface area contributed by atoms with Crippen molar-refractivity contribution in [1.29, 1.82) is 0 Å². The van der Waals surface area contributed by atoms with Gasteiger partial charge in [0.2, 0.25) is 17.7 Å². The molecular weight excluding hydrogens is 380 g/mol. The van der Waals surface area contributed by atoms with Crippen LogP contribution in [0.5, 0.6) is 0 Å². The molecule has 0 aliphatic heterocycles. The molecule has 1 aromatic rings. The highest BCUT2D eigenvalue weighted by Crippen LogP contribution is 2.24. The number of halogens is 6. The van der Waals surface area contributed by atoms with Gasteiger partial charge in [-0.3, -0.25) is 0 Å². The van der Waals surface area contributed by atoms with Crippen molar-refractivity contribution in [3.8, 4) is 11.8 Å². The lowest BCUT2D eigenvalue weighted by Crippen LogP contribution is -2.35. The van der Waals surface area contributed by atoms with E-state index in [1.54, 1.807) is 13.8 Å². The fourth-order valence-electron chi connectivity index (χ4n) is 1.38. The summed E-state index contributed by atoms with van der Waals surface area (Å²) in [4.78, 5) is 10.9. The molecule has 1 rings (SSSR count). The number of anilines is 2. The van der Waals surface area contributed by atoms with Crippen LogP contribution in [0, 0.1) is 17.3 Å². The monoisotopic (exact) mass is 399 g/mol. The molecule has 0 unspecified atom stereocenters. The van der Waals surface area contributed by atoms with Crippen molar-refractivity contribution in [1.82, 2.24) is 15.0 Å². The van der Waals surface area contributed by atoms with Crippen LogP contribution in [0.1, 0.15) is 33.5 Å². The molecule has 2 atom stereocenters. The summed E-state index contributed by atoms with van der Waals surface area (Å²) in [6.45, 7) is 4.44. The van der Waals surface area contributed by atoms with E-state index in [2.05, 4.69) is 26.8 Å². The summed E-state index contributed by atoms with van der Waals surface area (Å²) in [5.41, 5.74) is -0.869. The first-order chi connectivity index (χ1) is 12.1.